The number of allylic oxidation sites excluding steroid dienone is 3. The molecular formula is C45H89N2O6P. The molecule has 0 fully saturated rings. The first-order valence-corrected chi connectivity index (χ1v) is 24.2. The fraction of sp³-hybridized carbons (Fsp3) is 0.889. The molecule has 0 saturated carbocycles. The number of aliphatic hydroxyl groups is 1. The highest BCUT2D eigenvalue weighted by molar-refractivity contribution is 7.45. The van der Waals surface area contributed by atoms with E-state index in [1.54, 1.807) is 6.08 Å². The molecule has 0 aliphatic rings. The van der Waals surface area contributed by atoms with Crippen LogP contribution in [0, 0.1) is 0 Å². The van der Waals surface area contributed by atoms with Gasteiger partial charge in [0.25, 0.3) is 7.82 Å². The maximum atomic E-state index is 12.8. The maximum Gasteiger partial charge on any atom is 0.268 e. The minimum absolute atomic E-state index is 0.00439. The third-order valence-electron chi connectivity index (χ3n) is 10.2. The van der Waals surface area contributed by atoms with Gasteiger partial charge in [-0.2, -0.15) is 0 Å². The average Bonchev–Trinajstić information content (AvgIpc) is 3.12. The molecular weight excluding hydrogens is 695 g/mol. The Hall–Kier alpha value is -1.02. The second kappa shape index (κ2) is 37.6. The normalized spacial score (nSPS) is 14.6. The summed E-state index contributed by atoms with van der Waals surface area (Å²) in [7, 11) is 1.25. The number of quaternary nitrogens is 1. The van der Waals surface area contributed by atoms with Crippen LogP contribution in [-0.2, 0) is 18.4 Å². The third-order valence-corrected chi connectivity index (χ3v) is 11.1. The second-order valence-electron chi connectivity index (χ2n) is 16.8. The molecule has 2 N–H and O–H groups in total. The summed E-state index contributed by atoms with van der Waals surface area (Å²) in [4.78, 5) is 25.2. The molecule has 0 aromatic heterocycles. The quantitative estimate of drug-likeness (QED) is 0.0277. The average molecular weight is 785 g/mol. The van der Waals surface area contributed by atoms with Crippen LogP contribution in [-0.4, -0.2) is 68.5 Å². The van der Waals surface area contributed by atoms with Crippen LogP contribution in [0.4, 0.5) is 0 Å². The lowest BCUT2D eigenvalue weighted by atomic mass is 10.0. The number of amides is 1. The van der Waals surface area contributed by atoms with Crippen molar-refractivity contribution in [2.75, 3.05) is 40.9 Å². The van der Waals surface area contributed by atoms with Gasteiger partial charge in [-0.15, -0.1) is 0 Å². The molecule has 0 aliphatic heterocycles. The topological polar surface area (TPSA) is 108 Å². The molecule has 0 aliphatic carbocycles. The van der Waals surface area contributed by atoms with Crippen LogP contribution in [0.25, 0.3) is 0 Å². The lowest BCUT2D eigenvalue weighted by Crippen LogP contribution is -2.45. The van der Waals surface area contributed by atoms with Crippen LogP contribution in [0.15, 0.2) is 24.3 Å². The van der Waals surface area contributed by atoms with Crippen LogP contribution < -0.4 is 10.2 Å². The zero-order valence-corrected chi connectivity index (χ0v) is 37.1. The summed E-state index contributed by atoms with van der Waals surface area (Å²) in [5, 5.41) is 13.7. The summed E-state index contributed by atoms with van der Waals surface area (Å²) in [6.07, 6.45) is 43.8. The number of phosphoric acid groups is 1. The van der Waals surface area contributed by atoms with E-state index in [0.29, 0.717) is 17.4 Å². The molecule has 0 radical (unpaired) electrons. The first-order chi connectivity index (χ1) is 26.0. The Morgan fingerprint density at radius 3 is 1.50 bits per heavy atom. The van der Waals surface area contributed by atoms with E-state index in [1.807, 2.05) is 27.2 Å². The van der Waals surface area contributed by atoms with Gasteiger partial charge in [0, 0.05) is 6.42 Å². The van der Waals surface area contributed by atoms with E-state index in [0.717, 1.165) is 38.5 Å². The molecule has 3 atom stereocenters. The lowest BCUT2D eigenvalue weighted by Gasteiger charge is -2.29. The van der Waals surface area contributed by atoms with E-state index < -0.39 is 20.0 Å². The van der Waals surface area contributed by atoms with Crippen LogP contribution in [0.1, 0.15) is 206 Å². The molecule has 54 heavy (non-hydrogen) atoms. The van der Waals surface area contributed by atoms with Crippen LogP contribution in [0.5, 0.6) is 0 Å². The van der Waals surface area contributed by atoms with Gasteiger partial charge in [-0.3, -0.25) is 9.36 Å². The van der Waals surface area contributed by atoms with Gasteiger partial charge in [0.1, 0.15) is 13.2 Å². The Labute approximate surface area is 334 Å². The highest BCUT2D eigenvalue weighted by atomic mass is 31.2. The first-order valence-electron chi connectivity index (χ1n) is 22.7. The van der Waals surface area contributed by atoms with E-state index in [4.69, 9.17) is 9.05 Å². The van der Waals surface area contributed by atoms with Gasteiger partial charge < -0.3 is 28.8 Å². The van der Waals surface area contributed by atoms with Gasteiger partial charge in [0.05, 0.1) is 39.9 Å². The Balaban J connectivity index is 4.39. The molecule has 0 aromatic rings. The number of hydrogen-bond acceptors (Lipinski definition) is 6. The van der Waals surface area contributed by atoms with Gasteiger partial charge in [-0.25, -0.2) is 0 Å². The summed E-state index contributed by atoms with van der Waals surface area (Å²) >= 11 is 0. The van der Waals surface area contributed by atoms with E-state index in [-0.39, 0.29) is 19.1 Å². The van der Waals surface area contributed by atoms with Gasteiger partial charge >= 0.3 is 0 Å². The number of hydrogen-bond donors (Lipinski definition) is 2. The first kappa shape index (κ1) is 53.0. The Morgan fingerprint density at radius 2 is 1.04 bits per heavy atom. The highest BCUT2D eigenvalue weighted by Gasteiger charge is 2.23. The molecule has 0 spiro atoms. The maximum absolute atomic E-state index is 12.8. The van der Waals surface area contributed by atoms with Gasteiger partial charge in [-0.05, 0) is 32.1 Å². The fourth-order valence-corrected chi connectivity index (χ4v) is 7.24. The lowest BCUT2D eigenvalue weighted by molar-refractivity contribution is -0.870. The molecule has 1 amide bonds. The Morgan fingerprint density at radius 1 is 0.630 bits per heavy atom. The van der Waals surface area contributed by atoms with Gasteiger partial charge in [0.2, 0.25) is 5.91 Å². The highest BCUT2D eigenvalue weighted by Crippen LogP contribution is 2.38. The Bertz CT molecular complexity index is 938. The number of likely N-dealkylation sites (N-methyl/N-ethyl adjacent to an activating group) is 1. The van der Waals surface area contributed by atoms with Crippen molar-refractivity contribution >= 4 is 13.7 Å². The SMILES string of the molecule is CCCCCCCCCCCCCCCCC/C=C/CC/C=C/C(O)C(COP(=O)([O-])OCC[N+](C)(C)C)NC(=O)CCCCCCCCCCCCC. The summed E-state index contributed by atoms with van der Waals surface area (Å²) in [6, 6.07) is -0.897. The largest absolute Gasteiger partial charge is 0.756 e. The van der Waals surface area contributed by atoms with E-state index in [1.165, 1.54) is 148 Å². The van der Waals surface area contributed by atoms with Crippen molar-refractivity contribution in [1.29, 1.82) is 0 Å². The van der Waals surface area contributed by atoms with Gasteiger partial charge in [0.15, 0.2) is 0 Å². The minimum atomic E-state index is -4.59. The van der Waals surface area contributed by atoms with Crippen LogP contribution in [0.2, 0.25) is 0 Å². The van der Waals surface area contributed by atoms with Crippen molar-refractivity contribution in [2.24, 2.45) is 0 Å². The molecule has 0 saturated heterocycles. The second-order valence-corrected chi connectivity index (χ2v) is 18.2. The molecule has 0 rings (SSSR count). The summed E-state index contributed by atoms with van der Waals surface area (Å²) in [5.74, 6) is -0.208. The van der Waals surface area contributed by atoms with Crippen LogP contribution in [0.3, 0.4) is 0 Å². The number of carbonyl (C=O) groups excluding carboxylic acids is 1. The molecule has 0 heterocycles. The van der Waals surface area contributed by atoms with Crippen molar-refractivity contribution in [3.05, 3.63) is 24.3 Å². The van der Waals surface area contributed by atoms with Crippen LogP contribution >= 0.6 is 7.82 Å². The Kier molecular flexibility index (Phi) is 36.8. The molecule has 320 valence electrons. The van der Waals surface area contributed by atoms with Gasteiger partial charge in [-0.1, -0.05) is 192 Å². The predicted molar refractivity (Wildman–Crippen MR) is 228 cm³/mol. The standard InChI is InChI=1S/C45H89N2O6P/c1-6-8-10-12-14-16-18-19-20-21-22-23-24-25-26-27-29-30-32-34-36-38-44(48)43(42-53-54(50,51)52-41-40-47(3,4)5)46-45(49)39-37-35-33-31-28-17-15-13-11-9-7-2/h29-30,36,38,43-44,48H,6-28,31-35,37,39-42H2,1-5H3,(H-,46,49,50,51)/b30-29+,38-36+. The van der Waals surface area contributed by atoms with Crippen molar-refractivity contribution < 1.29 is 32.9 Å². The number of phosphoric ester groups is 1. The smallest absolute Gasteiger partial charge is 0.268 e. The molecule has 9 heteroatoms. The monoisotopic (exact) mass is 785 g/mol. The number of aliphatic hydroxyl groups excluding tert-OH is 1. The fourth-order valence-electron chi connectivity index (χ4n) is 6.52. The molecule has 3 unspecified atom stereocenters. The van der Waals surface area contributed by atoms with E-state index in [9.17, 15) is 19.4 Å². The number of unbranched alkanes of at least 4 members (excludes halogenated alkanes) is 26. The van der Waals surface area contributed by atoms with E-state index in [2.05, 4.69) is 31.3 Å². The number of carbonyl (C=O) groups is 1. The van der Waals surface area contributed by atoms with Crippen molar-refractivity contribution in [3.8, 4) is 0 Å². The van der Waals surface area contributed by atoms with Crippen molar-refractivity contribution in [3.63, 3.8) is 0 Å². The summed E-state index contributed by atoms with van der Waals surface area (Å²) in [6.45, 7) is 4.62. The van der Waals surface area contributed by atoms with Crippen molar-refractivity contribution in [1.82, 2.24) is 5.32 Å². The molecule has 8 nitrogen and oxygen atoms in total. The third kappa shape index (κ3) is 39.2. The van der Waals surface area contributed by atoms with Crippen molar-refractivity contribution in [2.45, 2.75) is 219 Å². The van der Waals surface area contributed by atoms with E-state index >= 15 is 0 Å². The zero-order valence-electron chi connectivity index (χ0n) is 36.2. The summed E-state index contributed by atoms with van der Waals surface area (Å²) < 4.78 is 23.2. The zero-order chi connectivity index (χ0) is 40.0. The number of nitrogens with zero attached hydrogens (tertiary/aromatic N) is 1. The number of nitrogens with one attached hydrogen (secondary N) is 1. The minimum Gasteiger partial charge on any atom is -0.756 e. The number of rotatable bonds is 41. The molecule has 0 bridgehead atoms. The summed E-state index contributed by atoms with van der Waals surface area (Å²) in [5.41, 5.74) is 0. The predicted octanol–water partition coefficient (Wildman–Crippen LogP) is 11.9. The molecule has 0 aromatic carbocycles.